The predicted molar refractivity (Wildman–Crippen MR) is 63.3 cm³/mol. The molecule has 0 fully saturated rings. The van der Waals surface area contributed by atoms with Gasteiger partial charge in [0.05, 0.1) is 16.3 Å². The first-order valence-corrected chi connectivity index (χ1v) is 5.21. The van der Waals surface area contributed by atoms with E-state index in [1.807, 2.05) is 37.3 Å². The number of hydrogen-bond donors (Lipinski definition) is 2. The maximum atomic E-state index is 5.92. The van der Waals surface area contributed by atoms with E-state index in [0.29, 0.717) is 11.4 Å². The molecule has 0 radical (unpaired) electrons. The quantitative estimate of drug-likeness (QED) is 0.750. The number of nitrogen functional groups attached to an aromatic ring is 2. The Morgan fingerprint density at radius 1 is 1.00 bits per heavy atom. The van der Waals surface area contributed by atoms with Gasteiger partial charge in [-0.3, -0.25) is 0 Å². The van der Waals surface area contributed by atoms with Crippen LogP contribution in [0.25, 0.3) is 10.4 Å². The molecule has 0 aliphatic carbocycles. The minimum Gasteiger partial charge on any atom is -0.396 e. The fraction of sp³-hybridized carbons (Fsp3) is 0.0909. The fourth-order valence-electron chi connectivity index (χ4n) is 1.38. The average molecular weight is 204 g/mol. The molecule has 0 unspecified atom stereocenters. The number of thiophene rings is 1. The van der Waals surface area contributed by atoms with Crippen molar-refractivity contribution in [2.75, 3.05) is 11.5 Å². The van der Waals surface area contributed by atoms with E-state index in [0.717, 1.165) is 15.3 Å². The lowest BCUT2D eigenvalue weighted by atomic mass is 10.1. The Morgan fingerprint density at radius 3 is 2.14 bits per heavy atom. The zero-order valence-electron chi connectivity index (χ0n) is 7.95. The number of nitrogens with two attached hydrogens (primary N) is 2. The smallest absolute Gasteiger partial charge is 0.0740 e. The SMILES string of the molecule is Cc1sc(-c2ccccc2)c(N)c1N. The van der Waals surface area contributed by atoms with Gasteiger partial charge in [0.25, 0.3) is 0 Å². The van der Waals surface area contributed by atoms with Gasteiger partial charge in [-0.15, -0.1) is 11.3 Å². The van der Waals surface area contributed by atoms with Crippen LogP contribution in [0.15, 0.2) is 30.3 Å². The lowest BCUT2D eigenvalue weighted by Gasteiger charge is -1.98. The molecular weight excluding hydrogens is 192 g/mol. The highest BCUT2D eigenvalue weighted by Gasteiger charge is 2.11. The van der Waals surface area contributed by atoms with Crippen LogP contribution in [-0.2, 0) is 0 Å². The van der Waals surface area contributed by atoms with Crippen molar-refractivity contribution in [2.24, 2.45) is 0 Å². The van der Waals surface area contributed by atoms with Gasteiger partial charge in [0.15, 0.2) is 0 Å². The van der Waals surface area contributed by atoms with E-state index in [2.05, 4.69) is 0 Å². The number of aryl methyl sites for hydroxylation is 1. The van der Waals surface area contributed by atoms with Gasteiger partial charge in [0.1, 0.15) is 0 Å². The third-order valence-electron chi connectivity index (χ3n) is 2.21. The fourth-order valence-corrected chi connectivity index (χ4v) is 2.38. The Balaban J connectivity index is 2.58. The summed E-state index contributed by atoms with van der Waals surface area (Å²) in [5.41, 5.74) is 14.3. The molecule has 0 bridgehead atoms. The summed E-state index contributed by atoms with van der Waals surface area (Å²) < 4.78 is 0. The summed E-state index contributed by atoms with van der Waals surface area (Å²) in [7, 11) is 0. The molecule has 2 nitrogen and oxygen atoms in total. The molecule has 0 atom stereocenters. The van der Waals surface area contributed by atoms with Gasteiger partial charge >= 0.3 is 0 Å². The predicted octanol–water partition coefficient (Wildman–Crippen LogP) is 2.89. The minimum atomic E-state index is 0.707. The summed E-state index contributed by atoms with van der Waals surface area (Å²) in [5, 5.41) is 0. The van der Waals surface area contributed by atoms with Crippen molar-refractivity contribution in [2.45, 2.75) is 6.92 Å². The first-order chi connectivity index (χ1) is 6.70. The van der Waals surface area contributed by atoms with Crippen LogP contribution in [0.1, 0.15) is 4.88 Å². The lowest BCUT2D eigenvalue weighted by Crippen LogP contribution is -1.92. The Hall–Kier alpha value is -1.48. The van der Waals surface area contributed by atoms with Gasteiger partial charge in [0.2, 0.25) is 0 Å². The van der Waals surface area contributed by atoms with Gasteiger partial charge in [0, 0.05) is 4.88 Å². The van der Waals surface area contributed by atoms with Crippen LogP contribution in [0, 0.1) is 6.92 Å². The standard InChI is InChI=1S/C11H12N2S/c1-7-9(12)10(13)11(14-7)8-5-3-2-4-6-8/h2-6H,12-13H2,1H3. The van der Waals surface area contributed by atoms with Crippen LogP contribution >= 0.6 is 11.3 Å². The van der Waals surface area contributed by atoms with Gasteiger partial charge in [-0.05, 0) is 12.5 Å². The molecule has 0 aliphatic heterocycles. The zero-order valence-corrected chi connectivity index (χ0v) is 8.77. The normalized spacial score (nSPS) is 10.4. The van der Waals surface area contributed by atoms with E-state index in [4.69, 9.17) is 11.5 Å². The van der Waals surface area contributed by atoms with Crippen LogP contribution < -0.4 is 11.5 Å². The molecular formula is C11H12N2S. The molecule has 1 heterocycles. The van der Waals surface area contributed by atoms with E-state index in [9.17, 15) is 0 Å². The van der Waals surface area contributed by atoms with Crippen LogP contribution in [0.4, 0.5) is 11.4 Å². The second-order valence-corrected chi connectivity index (χ2v) is 4.41. The Bertz CT molecular complexity index is 446. The zero-order chi connectivity index (χ0) is 10.1. The number of benzene rings is 1. The molecule has 0 spiro atoms. The van der Waals surface area contributed by atoms with Crippen LogP contribution in [0.3, 0.4) is 0 Å². The van der Waals surface area contributed by atoms with Crippen molar-refractivity contribution in [3.63, 3.8) is 0 Å². The first-order valence-electron chi connectivity index (χ1n) is 4.40. The van der Waals surface area contributed by atoms with E-state index in [1.54, 1.807) is 11.3 Å². The Morgan fingerprint density at radius 2 is 1.64 bits per heavy atom. The van der Waals surface area contributed by atoms with E-state index in [-0.39, 0.29) is 0 Å². The molecule has 3 heteroatoms. The van der Waals surface area contributed by atoms with Crippen molar-refractivity contribution in [3.05, 3.63) is 35.2 Å². The van der Waals surface area contributed by atoms with Crippen molar-refractivity contribution in [1.29, 1.82) is 0 Å². The minimum absolute atomic E-state index is 0.707. The summed E-state index contributed by atoms with van der Waals surface area (Å²) in [6.07, 6.45) is 0. The highest BCUT2D eigenvalue weighted by atomic mass is 32.1. The van der Waals surface area contributed by atoms with Gasteiger partial charge in [-0.25, -0.2) is 0 Å². The second-order valence-electron chi connectivity index (χ2n) is 3.18. The molecule has 0 saturated carbocycles. The highest BCUT2D eigenvalue weighted by Crippen LogP contribution is 2.39. The van der Waals surface area contributed by atoms with Crippen molar-refractivity contribution in [3.8, 4) is 10.4 Å². The summed E-state index contributed by atoms with van der Waals surface area (Å²) in [4.78, 5) is 2.15. The van der Waals surface area contributed by atoms with E-state index >= 15 is 0 Å². The molecule has 14 heavy (non-hydrogen) atoms. The molecule has 0 amide bonds. The monoisotopic (exact) mass is 204 g/mol. The molecule has 1 aromatic carbocycles. The average Bonchev–Trinajstić information content (AvgIpc) is 2.47. The summed E-state index contributed by atoms with van der Waals surface area (Å²) in [6, 6.07) is 10.1. The summed E-state index contributed by atoms with van der Waals surface area (Å²) in [5.74, 6) is 0. The maximum Gasteiger partial charge on any atom is 0.0740 e. The van der Waals surface area contributed by atoms with Gasteiger partial charge in [-0.2, -0.15) is 0 Å². The molecule has 2 rings (SSSR count). The van der Waals surface area contributed by atoms with Crippen molar-refractivity contribution >= 4 is 22.7 Å². The van der Waals surface area contributed by atoms with Crippen molar-refractivity contribution in [1.82, 2.24) is 0 Å². The van der Waals surface area contributed by atoms with Gasteiger partial charge < -0.3 is 11.5 Å². The third-order valence-corrected chi connectivity index (χ3v) is 3.39. The molecule has 2 aromatic rings. The highest BCUT2D eigenvalue weighted by molar-refractivity contribution is 7.16. The molecule has 0 saturated heterocycles. The van der Waals surface area contributed by atoms with Crippen LogP contribution in [0.5, 0.6) is 0 Å². The lowest BCUT2D eigenvalue weighted by molar-refractivity contribution is 1.62. The van der Waals surface area contributed by atoms with Crippen molar-refractivity contribution < 1.29 is 0 Å². The van der Waals surface area contributed by atoms with Crippen LogP contribution in [0.2, 0.25) is 0 Å². The summed E-state index contributed by atoms with van der Waals surface area (Å²) in [6.45, 7) is 1.99. The Kier molecular flexibility index (Phi) is 2.17. The number of rotatable bonds is 1. The summed E-state index contributed by atoms with van der Waals surface area (Å²) >= 11 is 1.64. The number of hydrogen-bond acceptors (Lipinski definition) is 3. The molecule has 0 aliphatic rings. The molecule has 4 N–H and O–H groups in total. The first kappa shape index (κ1) is 9.09. The largest absolute Gasteiger partial charge is 0.396 e. The topological polar surface area (TPSA) is 52.0 Å². The Labute approximate surface area is 87.2 Å². The van der Waals surface area contributed by atoms with Crippen LogP contribution in [-0.4, -0.2) is 0 Å². The second kappa shape index (κ2) is 3.35. The molecule has 72 valence electrons. The van der Waals surface area contributed by atoms with Gasteiger partial charge in [-0.1, -0.05) is 30.3 Å². The van der Waals surface area contributed by atoms with E-state index < -0.39 is 0 Å². The van der Waals surface area contributed by atoms with E-state index in [1.165, 1.54) is 0 Å². The molecule has 1 aromatic heterocycles. The number of anilines is 2. The maximum absolute atomic E-state index is 5.92. The third kappa shape index (κ3) is 1.36.